The summed E-state index contributed by atoms with van der Waals surface area (Å²) < 4.78 is 0. The number of hydrogen-bond donors (Lipinski definition) is 2. The van der Waals surface area contributed by atoms with E-state index >= 15 is 0 Å². The molecule has 6 heavy (non-hydrogen) atoms. The van der Waals surface area contributed by atoms with Gasteiger partial charge in [0.25, 0.3) is 0 Å². The summed E-state index contributed by atoms with van der Waals surface area (Å²) in [5.74, 6) is 4.47. The molecule has 0 aromatic carbocycles. The van der Waals surface area contributed by atoms with Crippen molar-refractivity contribution in [2.45, 2.75) is 0 Å². The number of hydrogen-bond acceptors (Lipinski definition) is 3. The SMILES string of the molecule is NNC(=O)[S-].[K+]. The molecule has 0 bridgehead atoms. The van der Waals surface area contributed by atoms with Gasteiger partial charge in [-0.2, -0.15) is 0 Å². The summed E-state index contributed by atoms with van der Waals surface area (Å²) in [6.07, 6.45) is 0. The second kappa shape index (κ2) is 6.29. The summed E-state index contributed by atoms with van der Waals surface area (Å²) in [7, 11) is 0. The Morgan fingerprint density at radius 2 is 2.00 bits per heavy atom. The number of amides is 1. The summed E-state index contributed by atoms with van der Waals surface area (Å²) in [5.41, 5.74) is 1.70. The van der Waals surface area contributed by atoms with Crippen LogP contribution in [0.15, 0.2) is 0 Å². The van der Waals surface area contributed by atoms with Crippen LogP contribution in [0.2, 0.25) is 0 Å². The Labute approximate surface area is 83.8 Å². The van der Waals surface area contributed by atoms with Crippen LogP contribution in [0.1, 0.15) is 0 Å². The third kappa shape index (κ3) is 8.99. The smallest absolute Gasteiger partial charge is 0.718 e. The topological polar surface area (TPSA) is 55.1 Å². The first kappa shape index (κ1) is 10.3. The molecule has 0 radical (unpaired) electrons. The van der Waals surface area contributed by atoms with E-state index in [4.69, 9.17) is 0 Å². The van der Waals surface area contributed by atoms with Gasteiger partial charge < -0.3 is 22.8 Å². The third-order valence-electron chi connectivity index (χ3n) is 0.118. The van der Waals surface area contributed by atoms with Crippen LogP contribution in [0, 0.1) is 0 Å². The molecule has 0 heterocycles. The van der Waals surface area contributed by atoms with Crippen molar-refractivity contribution in [3.63, 3.8) is 0 Å². The predicted octanol–water partition coefficient (Wildman–Crippen LogP) is -3.88. The van der Waals surface area contributed by atoms with E-state index < -0.39 is 5.24 Å². The van der Waals surface area contributed by atoms with E-state index in [0.29, 0.717) is 0 Å². The maximum absolute atomic E-state index is 9.39. The molecule has 0 aromatic rings. The number of hydrazine groups is 1. The van der Waals surface area contributed by atoms with E-state index in [1.807, 2.05) is 0 Å². The van der Waals surface area contributed by atoms with E-state index in [9.17, 15) is 4.79 Å². The van der Waals surface area contributed by atoms with Gasteiger partial charge in [-0.05, 0) is 0 Å². The molecule has 3 N–H and O–H groups in total. The molecule has 0 unspecified atom stereocenters. The molecule has 0 aliphatic rings. The standard InChI is InChI=1S/CH4N2OS.K/c2-3-1(4)5;/h2H2,(H2,3,4,5);/q;+1/p-1. The van der Waals surface area contributed by atoms with Crippen molar-refractivity contribution in [1.29, 1.82) is 0 Å². The van der Waals surface area contributed by atoms with Crippen molar-refractivity contribution in [1.82, 2.24) is 5.43 Å². The molecule has 0 rings (SSSR count). The molecule has 1 amide bonds. The number of nitrogens with one attached hydrogen (secondary N) is 1. The van der Waals surface area contributed by atoms with Crippen LogP contribution in [-0.4, -0.2) is 5.24 Å². The molecule has 0 atom stereocenters. The Hall–Kier alpha value is 1.29. The van der Waals surface area contributed by atoms with E-state index in [-0.39, 0.29) is 51.4 Å². The maximum Gasteiger partial charge on any atom is 1.00 e. The Morgan fingerprint density at radius 1 is 1.83 bits per heavy atom. The van der Waals surface area contributed by atoms with Crippen molar-refractivity contribution >= 4 is 17.9 Å². The summed E-state index contributed by atoms with van der Waals surface area (Å²) in [5, 5.41) is -0.634. The molecule has 0 aliphatic carbocycles. The molecule has 0 fully saturated rings. The van der Waals surface area contributed by atoms with Crippen LogP contribution in [0.25, 0.3) is 0 Å². The van der Waals surface area contributed by atoms with Crippen LogP contribution in [0.3, 0.4) is 0 Å². The Balaban J connectivity index is 0. The van der Waals surface area contributed by atoms with Crippen LogP contribution in [-0.2, 0) is 12.6 Å². The summed E-state index contributed by atoms with van der Waals surface area (Å²) in [6, 6.07) is 0. The van der Waals surface area contributed by atoms with Gasteiger partial charge in [0.2, 0.25) is 0 Å². The minimum atomic E-state index is -0.634. The third-order valence-corrected chi connectivity index (χ3v) is 0.236. The van der Waals surface area contributed by atoms with Gasteiger partial charge in [-0.3, -0.25) is 0 Å². The van der Waals surface area contributed by atoms with E-state index in [1.165, 1.54) is 0 Å². The maximum atomic E-state index is 9.39. The van der Waals surface area contributed by atoms with Crippen molar-refractivity contribution in [3.8, 4) is 0 Å². The van der Waals surface area contributed by atoms with Gasteiger partial charge in [0, 0.05) is 0 Å². The first-order chi connectivity index (χ1) is 2.27. The van der Waals surface area contributed by atoms with Crippen LogP contribution in [0.5, 0.6) is 0 Å². The van der Waals surface area contributed by atoms with Crippen LogP contribution < -0.4 is 62.7 Å². The fourth-order valence-electron chi connectivity index (χ4n) is 0. The molecule has 0 aliphatic heterocycles. The van der Waals surface area contributed by atoms with Gasteiger partial charge in [0.05, 0.1) is 0 Å². The molecule has 0 saturated heterocycles. The molecule has 0 saturated carbocycles. The van der Waals surface area contributed by atoms with Crippen LogP contribution in [0.4, 0.5) is 4.79 Å². The van der Waals surface area contributed by atoms with Crippen LogP contribution >= 0.6 is 0 Å². The fraction of sp³-hybridized carbons (Fsp3) is 0. The molecule has 0 aromatic heterocycles. The van der Waals surface area contributed by atoms with Gasteiger partial charge >= 0.3 is 51.4 Å². The monoisotopic (exact) mass is 130 g/mol. The fourth-order valence-corrected chi connectivity index (χ4v) is 0. The number of rotatable bonds is 0. The molecular formula is CH3KN2OS. The molecule has 30 valence electrons. The largest absolute Gasteiger partial charge is 1.00 e. The van der Waals surface area contributed by atoms with Crippen molar-refractivity contribution in [3.05, 3.63) is 0 Å². The normalized spacial score (nSPS) is 5.50. The van der Waals surface area contributed by atoms with Crippen molar-refractivity contribution < 1.29 is 56.2 Å². The average Bonchev–Trinajstić information content (AvgIpc) is 1.38. The number of carbonyl (C=O) groups excluding carboxylic acids is 1. The van der Waals surface area contributed by atoms with Crippen molar-refractivity contribution in [2.24, 2.45) is 5.84 Å². The second-order valence-corrected chi connectivity index (χ2v) is 0.803. The van der Waals surface area contributed by atoms with Gasteiger partial charge in [0.1, 0.15) is 5.24 Å². The Kier molecular flexibility index (Phi) is 10.8. The molecule has 5 heteroatoms. The zero-order valence-corrected chi connectivity index (χ0v) is 7.33. The van der Waals surface area contributed by atoms with E-state index in [2.05, 4.69) is 18.5 Å². The summed E-state index contributed by atoms with van der Waals surface area (Å²) in [6.45, 7) is 0. The molecular weight excluding hydrogens is 127 g/mol. The first-order valence-corrected chi connectivity index (χ1v) is 1.36. The Bertz CT molecular complexity index is 48.8. The number of carbonyl (C=O) groups is 1. The van der Waals surface area contributed by atoms with E-state index in [0.717, 1.165) is 0 Å². The molecule has 0 spiro atoms. The Morgan fingerprint density at radius 3 is 2.00 bits per heavy atom. The van der Waals surface area contributed by atoms with Gasteiger partial charge in [-0.1, -0.05) is 0 Å². The molecule has 3 nitrogen and oxygen atoms in total. The van der Waals surface area contributed by atoms with E-state index in [1.54, 1.807) is 5.43 Å². The zero-order valence-electron chi connectivity index (χ0n) is 3.39. The summed E-state index contributed by atoms with van der Waals surface area (Å²) >= 11 is 3.91. The second-order valence-electron chi connectivity index (χ2n) is 0.432. The van der Waals surface area contributed by atoms with Gasteiger partial charge in [0.15, 0.2) is 0 Å². The predicted molar refractivity (Wildman–Crippen MR) is 20.1 cm³/mol. The van der Waals surface area contributed by atoms with Gasteiger partial charge in [-0.15, -0.1) is 0 Å². The summed E-state index contributed by atoms with van der Waals surface area (Å²) in [4.78, 5) is 9.39. The zero-order chi connectivity index (χ0) is 4.28. The quantitative estimate of drug-likeness (QED) is 0.116. The minimum Gasteiger partial charge on any atom is -0.718 e. The number of nitrogens with two attached hydrogens (primary N) is 1. The van der Waals surface area contributed by atoms with Gasteiger partial charge in [-0.25, -0.2) is 5.84 Å². The average molecular weight is 130 g/mol. The first-order valence-electron chi connectivity index (χ1n) is 0.947. The minimum absolute atomic E-state index is 0. The van der Waals surface area contributed by atoms with Crippen molar-refractivity contribution in [2.75, 3.05) is 0 Å².